The van der Waals surface area contributed by atoms with Crippen molar-refractivity contribution in [3.8, 4) is 0 Å². The minimum absolute atomic E-state index is 0.0804. The Bertz CT molecular complexity index is 1080. The predicted molar refractivity (Wildman–Crippen MR) is 118 cm³/mol. The smallest absolute Gasteiger partial charge is 0.369 e. The van der Waals surface area contributed by atoms with Gasteiger partial charge in [0.25, 0.3) is 0 Å². The van der Waals surface area contributed by atoms with E-state index < -0.39 is 28.6 Å². The summed E-state index contributed by atoms with van der Waals surface area (Å²) in [5.74, 6) is -0.652. The van der Waals surface area contributed by atoms with Gasteiger partial charge in [-0.25, -0.2) is 4.98 Å². The number of pyridine rings is 2. The molecule has 3 aromatic rings. The van der Waals surface area contributed by atoms with E-state index in [1.807, 2.05) is 37.3 Å². The summed E-state index contributed by atoms with van der Waals surface area (Å²) in [5, 5.41) is 3.10. The van der Waals surface area contributed by atoms with Gasteiger partial charge in [0.1, 0.15) is 11.5 Å². The highest BCUT2D eigenvalue weighted by atomic mass is 19.4. The highest BCUT2D eigenvalue weighted by Gasteiger charge is 2.37. The maximum Gasteiger partial charge on any atom is 0.418 e. The number of anilines is 1. The number of nitrogens with one attached hydrogen (secondary N) is 1. The van der Waals surface area contributed by atoms with Gasteiger partial charge in [-0.2, -0.15) is 13.2 Å². The molecule has 1 atom stereocenters. The molecule has 3 rings (SSSR count). The summed E-state index contributed by atoms with van der Waals surface area (Å²) in [7, 11) is 0. The van der Waals surface area contributed by atoms with E-state index in [-0.39, 0.29) is 11.4 Å². The van der Waals surface area contributed by atoms with Crippen molar-refractivity contribution in [1.29, 1.82) is 0 Å². The lowest BCUT2D eigenvalue weighted by atomic mass is 9.78. The van der Waals surface area contributed by atoms with Crippen molar-refractivity contribution < 1.29 is 18.0 Å². The molecule has 168 valence electrons. The largest absolute Gasteiger partial charge is 0.418 e. The van der Waals surface area contributed by atoms with Crippen molar-refractivity contribution in [3.05, 3.63) is 88.9 Å². The number of nitrogens with zero attached hydrogens (tertiary/aromatic N) is 2. The zero-order valence-corrected chi connectivity index (χ0v) is 17.9. The van der Waals surface area contributed by atoms with E-state index in [2.05, 4.69) is 15.3 Å². The Morgan fingerprint density at radius 1 is 1.06 bits per heavy atom. The van der Waals surface area contributed by atoms with E-state index in [9.17, 15) is 18.0 Å². The van der Waals surface area contributed by atoms with E-state index in [4.69, 9.17) is 5.73 Å². The SMILES string of the molecule is CC[C@](CN)(CNc1ccc(C(F)(F)F)c(C(=O)c2cccnc2C)n1)c1ccccc1. The molecule has 0 fully saturated rings. The van der Waals surface area contributed by atoms with Crippen molar-refractivity contribution in [3.63, 3.8) is 0 Å². The number of hydrogen-bond acceptors (Lipinski definition) is 5. The number of carbonyl (C=O) groups is 1. The summed E-state index contributed by atoms with van der Waals surface area (Å²) in [4.78, 5) is 21.0. The Morgan fingerprint density at radius 3 is 2.38 bits per heavy atom. The van der Waals surface area contributed by atoms with Crippen molar-refractivity contribution in [2.24, 2.45) is 5.73 Å². The Morgan fingerprint density at radius 2 is 1.78 bits per heavy atom. The van der Waals surface area contributed by atoms with E-state index in [0.717, 1.165) is 11.6 Å². The normalized spacial score (nSPS) is 13.4. The molecule has 8 heteroatoms. The first-order valence-corrected chi connectivity index (χ1v) is 10.3. The predicted octanol–water partition coefficient (Wildman–Crippen LogP) is 4.75. The second-order valence-electron chi connectivity index (χ2n) is 7.61. The maximum atomic E-state index is 13.6. The molecule has 0 aliphatic rings. The number of benzene rings is 1. The first-order chi connectivity index (χ1) is 15.2. The lowest BCUT2D eigenvalue weighted by Gasteiger charge is -2.32. The second-order valence-corrected chi connectivity index (χ2v) is 7.61. The molecule has 2 heterocycles. The number of aryl methyl sites for hydroxylation is 1. The average Bonchev–Trinajstić information content (AvgIpc) is 2.80. The quantitative estimate of drug-likeness (QED) is 0.492. The summed E-state index contributed by atoms with van der Waals surface area (Å²) < 4.78 is 40.9. The van der Waals surface area contributed by atoms with Gasteiger partial charge in [0, 0.05) is 36.0 Å². The van der Waals surface area contributed by atoms with Crippen LogP contribution < -0.4 is 11.1 Å². The topological polar surface area (TPSA) is 80.9 Å². The van der Waals surface area contributed by atoms with Gasteiger partial charge < -0.3 is 11.1 Å². The van der Waals surface area contributed by atoms with Crippen LogP contribution in [-0.2, 0) is 11.6 Å². The third-order valence-electron chi connectivity index (χ3n) is 5.73. The monoisotopic (exact) mass is 442 g/mol. The number of hydrogen-bond donors (Lipinski definition) is 2. The fourth-order valence-corrected chi connectivity index (χ4v) is 3.63. The molecule has 0 saturated heterocycles. The third kappa shape index (κ3) is 4.80. The lowest BCUT2D eigenvalue weighted by Crippen LogP contribution is -2.41. The number of nitrogens with two attached hydrogens (primary N) is 1. The zero-order chi connectivity index (χ0) is 23.4. The number of halogens is 3. The molecule has 32 heavy (non-hydrogen) atoms. The zero-order valence-electron chi connectivity index (χ0n) is 17.9. The van der Waals surface area contributed by atoms with E-state index in [0.29, 0.717) is 25.2 Å². The fourth-order valence-electron chi connectivity index (χ4n) is 3.63. The molecule has 0 amide bonds. The summed E-state index contributed by atoms with van der Waals surface area (Å²) in [6.07, 6.45) is -2.54. The standard InChI is InChI=1S/C24H25F3N4O/c1-3-23(14-28,17-8-5-4-6-9-17)15-30-20-12-11-19(24(25,26)27)21(31-20)22(32)18-10-7-13-29-16(18)2/h4-13H,3,14-15,28H2,1-2H3,(H,30,31)/t23-/m0/s1. The van der Waals surface area contributed by atoms with Gasteiger partial charge in [-0.15, -0.1) is 0 Å². The van der Waals surface area contributed by atoms with Gasteiger partial charge >= 0.3 is 6.18 Å². The van der Waals surface area contributed by atoms with Gasteiger partial charge in [-0.3, -0.25) is 9.78 Å². The number of ketones is 1. The summed E-state index contributed by atoms with van der Waals surface area (Å²) >= 11 is 0. The molecule has 0 unspecified atom stereocenters. The highest BCUT2D eigenvalue weighted by Crippen LogP contribution is 2.34. The Labute approximate surface area is 184 Å². The van der Waals surface area contributed by atoms with Crippen LogP contribution in [0.2, 0.25) is 0 Å². The number of alkyl halides is 3. The molecule has 0 saturated carbocycles. The first kappa shape index (κ1) is 23.4. The second kappa shape index (κ2) is 9.48. The molecular weight excluding hydrogens is 417 g/mol. The molecule has 0 bridgehead atoms. The van der Waals surface area contributed by atoms with E-state index in [1.54, 1.807) is 6.92 Å². The Kier molecular flexibility index (Phi) is 6.93. The van der Waals surface area contributed by atoms with Crippen molar-refractivity contribution >= 4 is 11.6 Å². The van der Waals surface area contributed by atoms with E-state index >= 15 is 0 Å². The summed E-state index contributed by atoms with van der Waals surface area (Å²) in [6, 6.07) is 14.7. The van der Waals surface area contributed by atoms with Gasteiger partial charge in [-0.1, -0.05) is 37.3 Å². The average molecular weight is 442 g/mol. The van der Waals surface area contributed by atoms with Crippen LogP contribution in [0.1, 0.15) is 46.2 Å². The molecular formula is C24H25F3N4O. The van der Waals surface area contributed by atoms with Crippen LogP contribution in [0.4, 0.5) is 19.0 Å². The lowest BCUT2D eigenvalue weighted by molar-refractivity contribution is -0.138. The fraction of sp³-hybridized carbons (Fsp3) is 0.292. The van der Waals surface area contributed by atoms with Gasteiger partial charge in [0.2, 0.25) is 5.78 Å². The van der Waals surface area contributed by atoms with E-state index in [1.165, 1.54) is 24.4 Å². The Hall–Kier alpha value is -3.26. The molecule has 0 spiro atoms. The van der Waals surface area contributed by atoms with Crippen molar-refractivity contribution in [2.75, 3.05) is 18.4 Å². The minimum atomic E-state index is -4.72. The molecule has 0 aliphatic carbocycles. The molecule has 0 aliphatic heterocycles. The summed E-state index contributed by atoms with van der Waals surface area (Å²) in [6.45, 7) is 4.25. The van der Waals surface area contributed by atoms with Crippen LogP contribution in [0, 0.1) is 6.92 Å². The number of carbonyl (C=O) groups excluding carboxylic acids is 1. The molecule has 1 aromatic carbocycles. The van der Waals surface area contributed by atoms with Crippen LogP contribution in [0.15, 0.2) is 60.8 Å². The maximum absolute atomic E-state index is 13.6. The minimum Gasteiger partial charge on any atom is -0.369 e. The van der Waals surface area contributed by atoms with Gasteiger partial charge in [0.05, 0.1) is 5.56 Å². The van der Waals surface area contributed by atoms with Crippen LogP contribution in [0.5, 0.6) is 0 Å². The van der Waals surface area contributed by atoms with Crippen molar-refractivity contribution in [2.45, 2.75) is 31.9 Å². The number of aromatic nitrogens is 2. The van der Waals surface area contributed by atoms with Crippen molar-refractivity contribution in [1.82, 2.24) is 9.97 Å². The molecule has 3 N–H and O–H groups in total. The van der Waals surface area contributed by atoms with Gasteiger partial charge in [-0.05, 0) is 43.2 Å². The van der Waals surface area contributed by atoms with Crippen LogP contribution >= 0.6 is 0 Å². The highest BCUT2D eigenvalue weighted by molar-refractivity contribution is 6.09. The van der Waals surface area contributed by atoms with Gasteiger partial charge in [0.15, 0.2) is 0 Å². The summed E-state index contributed by atoms with van der Waals surface area (Å²) in [5.41, 5.74) is 5.36. The third-order valence-corrected chi connectivity index (χ3v) is 5.73. The molecule has 2 aromatic heterocycles. The first-order valence-electron chi connectivity index (χ1n) is 10.3. The molecule has 5 nitrogen and oxygen atoms in total. The van der Waals surface area contributed by atoms with Crippen LogP contribution in [0.3, 0.4) is 0 Å². The molecule has 0 radical (unpaired) electrons. The van der Waals surface area contributed by atoms with Crippen LogP contribution in [-0.4, -0.2) is 28.8 Å². The Balaban J connectivity index is 1.97. The number of rotatable bonds is 8. The van der Waals surface area contributed by atoms with Crippen LogP contribution in [0.25, 0.3) is 0 Å².